The first-order valence-electron chi connectivity index (χ1n) is 5.47. The van der Waals surface area contributed by atoms with E-state index in [0.29, 0.717) is 0 Å². The zero-order valence-corrected chi connectivity index (χ0v) is 9.67. The summed E-state index contributed by atoms with van der Waals surface area (Å²) < 4.78 is 3.89. The lowest BCUT2D eigenvalue weighted by Crippen LogP contribution is -2.06. The molecular formula is C12H17N3O. The van der Waals surface area contributed by atoms with Gasteiger partial charge in [0, 0.05) is 31.7 Å². The Labute approximate surface area is 95.1 Å². The third-order valence-corrected chi connectivity index (χ3v) is 2.69. The fourth-order valence-electron chi connectivity index (χ4n) is 1.86. The molecule has 0 aliphatic carbocycles. The quantitative estimate of drug-likeness (QED) is 0.847. The number of aliphatic hydroxyl groups is 1. The lowest BCUT2D eigenvalue weighted by molar-refractivity contribution is 0.189. The number of hydrogen-bond donors (Lipinski definition) is 1. The highest BCUT2D eigenvalue weighted by molar-refractivity contribution is 5.11. The Hall–Kier alpha value is -1.55. The summed E-state index contributed by atoms with van der Waals surface area (Å²) in [6, 6.07) is 3.92. The van der Waals surface area contributed by atoms with Gasteiger partial charge in [-0.1, -0.05) is 0 Å². The van der Waals surface area contributed by atoms with E-state index in [1.54, 1.807) is 11.6 Å². The first-order valence-corrected chi connectivity index (χ1v) is 5.47. The van der Waals surface area contributed by atoms with Crippen LogP contribution in [0.15, 0.2) is 30.7 Å². The smallest absolute Gasteiger partial charge is 0.0911 e. The number of hydrogen-bond acceptors (Lipinski definition) is 2. The zero-order valence-electron chi connectivity index (χ0n) is 9.67. The maximum atomic E-state index is 9.56. The lowest BCUT2D eigenvalue weighted by atomic mass is 10.2. The molecule has 0 bridgehead atoms. The average Bonchev–Trinajstić information content (AvgIpc) is 2.83. The molecule has 4 nitrogen and oxygen atoms in total. The van der Waals surface area contributed by atoms with Crippen LogP contribution in [0.2, 0.25) is 0 Å². The Morgan fingerprint density at radius 3 is 2.94 bits per heavy atom. The van der Waals surface area contributed by atoms with Crippen LogP contribution in [0.1, 0.15) is 24.3 Å². The van der Waals surface area contributed by atoms with Crippen molar-refractivity contribution in [1.29, 1.82) is 0 Å². The molecule has 2 heterocycles. The van der Waals surface area contributed by atoms with E-state index in [0.717, 1.165) is 18.7 Å². The Bertz CT molecular complexity index is 456. The van der Waals surface area contributed by atoms with Gasteiger partial charge < -0.3 is 9.67 Å². The molecule has 0 saturated carbocycles. The summed E-state index contributed by atoms with van der Waals surface area (Å²) in [6.07, 6.45) is 6.42. The van der Waals surface area contributed by atoms with E-state index in [4.69, 9.17) is 0 Å². The molecule has 2 aromatic rings. The summed E-state index contributed by atoms with van der Waals surface area (Å²) in [6.45, 7) is 2.66. The molecule has 4 heteroatoms. The summed E-state index contributed by atoms with van der Waals surface area (Å²) in [4.78, 5) is 0. The topological polar surface area (TPSA) is 43.0 Å². The van der Waals surface area contributed by atoms with Crippen molar-refractivity contribution in [1.82, 2.24) is 14.3 Å². The van der Waals surface area contributed by atoms with Crippen LogP contribution >= 0.6 is 0 Å². The van der Waals surface area contributed by atoms with Crippen molar-refractivity contribution in [3.05, 3.63) is 42.0 Å². The molecule has 1 unspecified atom stereocenters. The maximum Gasteiger partial charge on any atom is 0.0911 e. The Morgan fingerprint density at radius 1 is 1.50 bits per heavy atom. The molecule has 1 atom stereocenters. The molecule has 2 aromatic heterocycles. The van der Waals surface area contributed by atoms with Gasteiger partial charge in [0.15, 0.2) is 0 Å². The van der Waals surface area contributed by atoms with E-state index >= 15 is 0 Å². The number of aromatic nitrogens is 3. The van der Waals surface area contributed by atoms with Crippen molar-refractivity contribution in [3.63, 3.8) is 0 Å². The number of aliphatic hydroxyl groups excluding tert-OH is 1. The highest BCUT2D eigenvalue weighted by atomic mass is 16.3. The SMILES string of the molecule is CC(O)c1cccn1CCc1cnn(C)c1. The van der Waals surface area contributed by atoms with Crippen LogP contribution in [-0.4, -0.2) is 19.5 Å². The molecule has 0 amide bonds. The molecule has 0 aromatic carbocycles. The summed E-state index contributed by atoms with van der Waals surface area (Å²) in [5.41, 5.74) is 2.18. The number of aryl methyl sites for hydroxylation is 3. The Balaban J connectivity index is 2.02. The summed E-state index contributed by atoms with van der Waals surface area (Å²) in [7, 11) is 1.92. The van der Waals surface area contributed by atoms with Crippen molar-refractivity contribution < 1.29 is 5.11 Å². The van der Waals surface area contributed by atoms with Crippen LogP contribution in [0.5, 0.6) is 0 Å². The second kappa shape index (κ2) is 4.53. The molecule has 0 aliphatic heterocycles. The van der Waals surface area contributed by atoms with Gasteiger partial charge in [0.05, 0.1) is 12.3 Å². The van der Waals surface area contributed by atoms with Crippen molar-refractivity contribution in [3.8, 4) is 0 Å². The van der Waals surface area contributed by atoms with Gasteiger partial charge in [0.1, 0.15) is 0 Å². The van der Waals surface area contributed by atoms with Crippen LogP contribution in [0.3, 0.4) is 0 Å². The standard InChI is InChI=1S/C12H17N3O/c1-10(16)12-4-3-6-15(12)7-5-11-8-13-14(2)9-11/h3-4,6,8-10,16H,5,7H2,1-2H3. The summed E-state index contributed by atoms with van der Waals surface area (Å²) in [5, 5.41) is 13.7. The summed E-state index contributed by atoms with van der Waals surface area (Å²) >= 11 is 0. The normalized spacial score (nSPS) is 12.9. The van der Waals surface area contributed by atoms with E-state index in [-0.39, 0.29) is 0 Å². The number of nitrogens with zero attached hydrogens (tertiary/aromatic N) is 3. The van der Waals surface area contributed by atoms with Crippen molar-refractivity contribution in [2.45, 2.75) is 26.0 Å². The minimum absolute atomic E-state index is 0.413. The molecule has 0 spiro atoms. The first-order chi connectivity index (χ1) is 7.66. The van der Waals surface area contributed by atoms with Crippen LogP contribution in [0.4, 0.5) is 0 Å². The van der Waals surface area contributed by atoms with Gasteiger partial charge in [-0.15, -0.1) is 0 Å². The van der Waals surface area contributed by atoms with E-state index < -0.39 is 6.10 Å². The predicted octanol–water partition coefficient (Wildman–Crippen LogP) is 1.52. The van der Waals surface area contributed by atoms with Gasteiger partial charge in [-0.05, 0) is 31.0 Å². The van der Waals surface area contributed by atoms with Gasteiger partial charge in [-0.3, -0.25) is 4.68 Å². The monoisotopic (exact) mass is 219 g/mol. The molecule has 1 N–H and O–H groups in total. The minimum atomic E-state index is -0.413. The fraction of sp³-hybridized carbons (Fsp3) is 0.417. The highest BCUT2D eigenvalue weighted by Crippen LogP contribution is 2.13. The lowest BCUT2D eigenvalue weighted by Gasteiger charge is -2.10. The van der Waals surface area contributed by atoms with Gasteiger partial charge in [0.25, 0.3) is 0 Å². The van der Waals surface area contributed by atoms with Gasteiger partial charge >= 0.3 is 0 Å². The van der Waals surface area contributed by atoms with Crippen LogP contribution in [0, 0.1) is 0 Å². The third-order valence-electron chi connectivity index (χ3n) is 2.69. The van der Waals surface area contributed by atoms with Crippen molar-refractivity contribution in [2.75, 3.05) is 0 Å². The Kier molecular flexibility index (Phi) is 3.10. The molecule has 0 saturated heterocycles. The maximum absolute atomic E-state index is 9.56. The van der Waals surface area contributed by atoms with Gasteiger partial charge in [-0.25, -0.2) is 0 Å². The third kappa shape index (κ3) is 2.33. The highest BCUT2D eigenvalue weighted by Gasteiger charge is 2.06. The van der Waals surface area contributed by atoms with Crippen LogP contribution < -0.4 is 0 Å². The molecule has 0 radical (unpaired) electrons. The molecule has 0 aliphatic rings. The van der Waals surface area contributed by atoms with Gasteiger partial charge in [0.2, 0.25) is 0 Å². The zero-order chi connectivity index (χ0) is 11.5. The van der Waals surface area contributed by atoms with Crippen molar-refractivity contribution in [2.24, 2.45) is 7.05 Å². The Morgan fingerprint density at radius 2 is 2.31 bits per heavy atom. The predicted molar refractivity (Wildman–Crippen MR) is 62.0 cm³/mol. The fourth-order valence-corrected chi connectivity index (χ4v) is 1.86. The van der Waals surface area contributed by atoms with E-state index in [2.05, 4.69) is 9.67 Å². The van der Waals surface area contributed by atoms with E-state index in [1.807, 2.05) is 37.8 Å². The minimum Gasteiger partial charge on any atom is -0.387 e. The number of rotatable bonds is 4. The molecular weight excluding hydrogens is 202 g/mol. The molecule has 0 fully saturated rings. The van der Waals surface area contributed by atoms with E-state index in [9.17, 15) is 5.11 Å². The summed E-state index contributed by atoms with van der Waals surface area (Å²) in [5.74, 6) is 0. The molecule has 2 rings (SSSR count). The van der Waals surface area contributed by atoms with E-state index in [1.165, 1.54) is 5.56 Å². The average molecular weight is 219 g/mol. The molecule has 16 heavy (non-hydrogen) atoms. The molecule has 86 valence electrons. The second-order valence-electron chi connectivity index (χ2n) is 4.07. The van der Waals surface area contributed by atoms with Crippen LogP contribution in [0.25, 0.3) is 0 Å². The largest absolute Gasteiger partial charge is 0.387 e. The first kappa shape index (κ1) is 11.0. The van der Waals surface area contributed by atoms with Gasteiger partial charge in [-0.2, -0.15) is 5.10 Å². The van der Waals surface area contributed by atoms with Crippen molar-refractivity contribution >= 4 is 0 Å². The second-order valence-corrected chi connectivity index (χ2v) is 4.07. The van der Waals surface area contributed by atoms with Crippen LogP contribution in [-0.2, 0) is 20.0 Å².